The lowest BCUT2D eigenvalue weighted by Crippen LogP contribution is -1.98. The second kappa shape index (κ2) is 13.8. The summed E-state index contributed by atoms with van der Waals surface area (Å²) in [6.07, 6.45) is 0. The van der Waals surface area contributed by atoms with Crippen LogP contribution in [0, 0.1) is 0 Å². The highest BCUT2D eigenvalue weighted by Gasteiger charge is 2.21. The fraction of sp³-hybridized carbons (Fsp3) is 0. The number of hydrogen-bond acceptors (Lipinski definition) is 3. The first-order valence-electron chi connectivity index (χ1n) is 18.5. The first-order valence-corrected chi connectivity index (χ1v) is 18.5. The van der Waals surface area contributed by atoms with Crippen molar-refractivity contribution >= 4 is 21.7 Å². The van der Waals surface area contributed by atoms with Crippen LogP contribution in [0.1, 0.15) is 0 Å². The fourth-order valence-corrected chi connectivity index (χ4v) is 7.52. The van der Waals surface area contributed by atoms with Crippen LogP contribution in [0.15, 0.2) is 206 Å². The van der Waals surface area contributed by atoms with Crippen LogP contribution in [0.5, 0.6) is 0 Å². The lowest BCUT2D eigenvalue weighted by Gasteiger charge is -2.12. The molecule has 0 atom stereocenters. The topological polar surface area (TPSA) is 43.6 Å². The van der Waals surface area contributed by atoms with E-state index in [9.17, 15) is 0 Å². The first kappa shape index (κ1) is 32.2. The van der Waals surface area contributed by atoms with E-state index in [2.05, 4.69) is 187 Å². The van der Waals surface area contributed by atoms with Crippen LogP contribution in [0.3, 0.4) is 0 Å². The smallest absolute Gasteiger partial charge is 0.160 e. The molecule has 4 heteroatoms. The molecule has 0 amide bonds. The Hall–Kier alpha value is -7.43. The predicted molar refractivity (Wildman–Crippen MR) is 227 cm³/mol. The van der Waals surface area contributed by atoms with E-state index < -0.39 is 0 Å². The van der Waals surface area contributed by atoms with E-state index in [1.807, 2.05) is 24.3 Å². The van der Waals surface area contributed by atoms with Gasteiger partial charge in [0.15, 0.2) is 5.82 Å². The van der Waals surface area contributed by atoms with Crippen LogP contribution in [0.2, 0.25) is 0 Å². The number of aromatic nitrogens is 4. The molecule has 2 aromatic heterocycles. The second-order valence-corrected chi connectivity index (χ2v) is 13.7. The highest BCUT2D eigenvalue weighted by Crippen LogP contribution is 2.42. The van der Waals surface area contributed by atoms with E-state index in [0.717, 1.165) is 78.0 Å². The Morgan fingerprint density at radius 1 is 0.364 bits per heavy atom. The Morgan fingerprint density at radius 2 is 0.836 bits per heavy atom. The van der Waals surface area contributed by atoms with E-state index >= 15 is 0 Å². The molecule has 0 spiro atoms. The van der Waals surface area contributed by atoms with Crippen molar-refractivity contribution in [3.63, 3.8) is 0 Å². The van der Waals surface area contributed by atoms with Crippen molar-refractivity contribution in [2.24, 2.45) is 0 Å². The van der Waals surface area contributed by atoms with Gasteiger partial charge >= 0.3 is 0 Å². The molecule has 0 unspecified atom stereocenters. The molecule has 0 N–H and O–H groups in total. The molecule has 2 heterocycles. The molecule has 0 radical (unpaired) electrons. The van der Waals surface area contributed by atoms with Crippen LogP contribution in [-0.2, 0) is 0 Å². The monoisotopic (exact) mass is 702 g/mol. The molecule has 0 fully saturated rings. The summed E-state index contributed by atoms with van der Waals surface area (Å²) < 4.78 is 2.12. The average molecular weight is 703 g/mol. The van der Waals surface area contributed by atoms with Crippen molar-refractivity contribution in [1.82, 2.24) is 19.7 Å². The maximum absolute atomic E-state index is 5.40. The SMILES string of the molecule is c1ccc(-c2ccc(-c3nc(-c4ccccc4)cc(-c4ccc(-n5nc(-c6ccccc6)c6c(-c7ccccc7)cc7ccccc7c65)cc4)n3)cc2)cc1. The van der Waals surface area contributed by atoms with Crippen LogP contribution < -0.4 is 0 Å². The van der Waals surface area contributed by atoms with Gasteiger partial charge in [-0.15, -0.1) is 0 Å². The summed E-state index contributed by atoms with van der Waals surface area (Å²) >= 11 is 0. The minimum atomic E-state index is 0.686. The zero-order valence-corrected chi connectivity index (χ0v) is 29.9. The van der Waals surface area contributed by atoms with Gasteiger partial charge in [0, 0.05) is 33.0 Å². The van der Waals surface area contributed by atoms with E-state index in [-0.39, 0.29) is 0 Å². The number of benzene rings is 8. The number of fused-ring (bicyclic) bond motifs is 3. The molecule has 0 saturated heterocycles. The van der Waals surface area contributed by atoms with Gasteiger partial charge in [-0.3, -0.25) is 0 Å². The summed E-state index contributed by atoms with van der Waals surface area (Å²) in [6.45, 7) is 0. The molecule has 10 rings (SSSR count). The molecule has 0 aliphatic rings. The van der Waals surface area contributed by atoms with Crippen LogP contribution in [-0.4, -0.2) is 19.7 Å². The Labute approximate surface area is 319 Å². The normalized spacial score (nSPS) is 11.3. The summed E-state index contributed by atoms with van der Waals surface area (Å²) in [5, 5.41) is 8.85. The quantitative estimate of drug-likeness (QED) is 0.166. The van der Waals surface area contributed by atoms with Crippen molar-refractivity contribution in [3.8, 4) is 73.1 Å². The maximum Gasteiger partial charge on any atom is 0.160 e. The Morgan fingerprint density at radius 3 is 1.47 bits per heavy atom. The maximum atomic E-state index is 5.40. The van der Waals surface area contributed by atoms with Gasteiger partial charge in [0.2, 0.25) is 0 Å². The van der Waals surface area contributed by atoms with Gasteiger partial charge in [-0.2, -0.15) is 5.10 Å². The fourth-order valence-electron chi connectivity index (χ4n) is 7.52. The van der Waals surface area contributed by atoms with Crippen molar-refractivity contribution in [3.05, 3.63) is 206 Å². The largest absolute Gasteiger partial charge is 0.232 e. The third-order valence-electron chi connectivity index (χ3n) is 10.3. The third-order valence-corrected chi connectivity index (χ3v) is 10.3. The van der Waals surface area contributed by atoms with Gasteiger partial charge in [0.25, 0.3) is 0 Å². The number of hydrogen-bond donors (Lipinski definition) is 0. The molecule has 0 aliphatic heterocycles. The molecular formula is C51H34N4. The summed E-state index contributed by atoms with van der Waals surface area (Å²) in [5.41, 5.74) is 13.5. The molecule has 8 aromatic carbocycles. The van der Waals surface area contributed by atoms with Crippen molar-refractivity contribution < 1.29 is 0 Å². The molecular weight excluding hydrogens is 669 g/mol. The van der Waals surface area contributed by atoms with Gasteiger partial charge in [-0.25, -0.2) is 14.6 Å². The van der Waals surface area contributed by atoms with Crippen LogP contribution in [0.25, 0.3) is 94.8 Å². The summed E-state index contributed by atoms with van der Waals surface area (Å²) in [5.74, 6) is 0.686. The molecule has 0 saturated carbocycles. The van der Waals surface area contributed by atoms with Gasteiger partial charge < -0.3 is 0 Å². The predicted octanol–water partition coefficient (Wildman–Crippen LogP) is 13.0. The van der Waals surface area contributed by atoms with E-state index in [4.69, 9.17) is 15.1 Å². The molecule has 0 aliphatic carbocycles. The van der Waals surface area contributed by atoms with E-state index in [1.165, 1.54) is 10.9 Å². The minimum absolute atomic E-state index is 0.686. The van der Waals surface area contributed by atoms with Gasteiger partial charge in [-0.1, -0.05) is 182 Å². The molecule has 55 heavy (non-hydrogen) atoms. The van der Waals surface area contributed by atoms with Crippen molar-refractivity contribution in [1.29, 1.82) is 0 Å². The lowest BCUT2D eigenvalue weighted by atomic mass is 9.94. The molecule has 10 aromatic rings. The van der Waals surface area contributed by atoms with Crippen molar-refractivity contribution in [2.45, 2.75) is 0 Å². The number of nitrogens with zero attached hydrogens (tertiary/aromatic N) is 4. The lowest BCUT2D eigenvalue weighted by molar-refractivity contribution is 0.918. The summed E-state index contributed by atoms with van der Waals surface area (Å²) in [7, 11) is 0. The number of rotatable bonds is 7. The Balaban J connectivity index is 1.12. The molecule has 4 nitrogen and oxygen atoms in total. The van der Waals surface area contributed by atoms with Gasteiger partial charge in [-0.05, 0) is 51.9 Å². The van der Waals surface area contributed by atoms with Gasteiger partial charge in [0.05, 0.1) is 22.6 Å². The standard InChI is InChI=1S/C51H34N4/c1-5-15-35(16-6-1)36-25-27-41(28-26-36)51-52-46(38-19-9-3-10-20-38)34-47(53-51)39-29-31-43(32-30-39)55-50-44-24-14-13-23-42(44)33-45(37-17-7-2-8-18-37)48(50)49(54-55)40-21-11-4-12-22-40/h1-34H. The summed E-state index contributed by atoms with van der Waals surface area (Å²) in [4.78, 5) is 10.2. The zero-order chi connectivity index (χ0) is 36.6. The first-order chi connectivity index (χ1) is 27.3. The highest BCUT2D eigenvalue weighted by molar-refractivity contribution is 6.17. The van der Waals surface area contributed by atoms with Crippen molar-refractivity contribution in [2.75, 3.05) is 0 Å². The zero-order valence-electron chi connectivity index (χ0n) is 29.9. The van der Waals surface area contributed by atoms with E-state index in [1.54, 1.807) is 0 Å². The third kappa shape index (κ3) is 6.06. The second-order valence-electron chi connectivity index (χ2n) is 13.7. The van der Waals surface area contributed by atoms with Gasteiger partial charge in [0.1, 0.15) is 5.69 Å². The van der Waals surface area contributed by atoms with Crippen LogP contribution >= 0.6 is 0 Å². The molecule has 258 valence electrons. The van der Waals surface area contributed by atoms with Crippen LogP contribution in [0.4, 0.5) is 0 Å². The minimum Gasteiger partial charge on any atom is -0.232 e. The molecule has 0 bridgehead atoms. The highest BCUT2D eigenvalue weighted by atomic mass is 15.3. The summed E-state index contributed by atoms with van der Waals surface area (Å²) in [6, 6.07) is 72.0. The Kier molecular flexibility index (Phi) is 8.12. The average Bonchev–Trinajstić information content (AvgIpc) is 3.68. The Bertz CT molecular complexity index is 2920. The van der Waals surface area contributed by atoms with E-state index in [0.29, 0.717) is 5.82 Å².